The summed E-state index contributed by atoms with van der Waals surface area (Å²) in [5, 5.41) is 0. The van der Waals surface area contributed by atoms with E-state index in [1.165, 1.54) is 12.1 Å². The second-order valence-corrected chi connectivity index (χ2v) is 4.82. The van der Waals surface area contributed by atoms with Crippen LogP contribution in [-0.2, 0) is 9.05 Å². The Morgan fingerprint density at radius 3 is 1.77 bits per heavy atom. The molecule has 0 saturated heterocycles. The summed E-state index contributed by atoms with van der Waals surface area (Å²) < 4.78 is 21.4. The molecule has 13 heavy (non-hydrogen) atoms. The van der Waals surface area contributed by atoms with Crippen LogP contribution in [0, 0.1) is 6.92 Å². The first-order valence-corrected chi connectivity index (χ1v) is 6.32. The lowest BCUT2D eigenvalue weighted by atomic mass is 10.2. The Morgan fingerprint density at radius 2 is 1.46 bits per heavy atom. The van der Waals surface area contributed by atoms with Gasteiger partial charge in [-0.3, -0.25) is 0 Å². The van der Waals surface area contributed by atoms with Crippen molar-refractivity contribution in [1.29, 1.82) is 0 Å². The summed E-state index contributed by atoms with van der Waals surface area (Å²) in [7, 11) is 1.54. The molecule has 0 N–H and O–H groups in total. The van der Waals surface area contributed by atoms with Crippen molar-refractivity contribution in [3.05, 3.63) is 29.8 Å². The van der Waals surface area contributed by atoms with Gasteiger partial charge in [-0.15, -0.1) is 0 Å². The first kappa shape index (κ1) is 12.5. The Labute approximate surface area is 84.0 Å². The molecule has 2 nitrogen and oxygen atoms in total. The van der Waals surface area contributed by atoms with E-state index in [4.69, 9.17) is 10.7 Å². The molecule has 0 aromatic heterocycles. The molecule has 0 saturated carbocycles. The van der Waals surface area contributed by atoms with Gasteiger partial charge >= 0.3 is 0 Å². The number of hydrogen-bond donors (Lipinski definition) is 0. The highest BCUT2D eigenvalue weighted by molar-refractivity contribution is 8.13. The summed E-state index contributed by atoms with van der Waals surface area (Å²) in [4.78, 5) is 0.143. The largest absolute Gasteiger partial charge is 0.261 e. The average Bonchev–Trinajstić information content (AvgIpc) is 2.07. The van der Waals surface area contributed by atoms with Crippen molar-refractivity contribution in [2.24, 2.45) is 0 Å². The molecule has 0 bridgehead atoms. The first-order chi connectivity index (χ1) is 6.00. The molecule has 1 aromatic rings. The Bertz CT molecular complexity index is 340. The third-order valence-corrected chi connectivity index (χ3v) is 2.67. The van der Waals surface area contributed by atoms with Gasteiger partial charge in [-0.05, 0) is 19.1 Å². The molecular formula is C9H13ClO2S. The maximum atomic E-state index is 10.7. The lowest BCUT2D eigenvalue weighted by Gasteiger charge is -1.94. The molecule has 4 heteroatoms. The van der Waals surface area contributed by atoms with Crippen molar-refractivity contribution >= 4 is 19.7 Å². The Balaban J connectivity index is 0.000000671. The molecule has 1 aromatic carbocycles. The van der Waals surface area contributed by atoms with Crippen LogP contribution in [0.1, 0.15) is 19.4 Å². The second-order valence-electron chi connectivity index (χ2n) is 2.25. The molecule has 74 valence electrons. The lowest BCUT2D eigenvalue weighted by Crippen LogP contribution is -1.89. The fraction of sp³-hybridized carbons (Fsp3) is 0.333. The van der Waals surface area contributed by atoms with Gasteiger partial charge in [-0.1, -0.05) is 31.5 Å². The van der Waals surface area contributed by atoms with E-state index in [9.17, 15) is 8.42 Å². The van der Waals surface area contributed by atoms with Gasteiger partial charge < -0.3 is 0 Å². The van der Waals surface area contributed by atoms with Gasteiger partial charge in [0.05, 0.1) is 4.90 Å². The van der Waals surface area contributed by atoms with Crippen molar-refractivity contribution < 1.29 is 8.42 Å². The van der Waals surface area contributed by atoms with E-state index in [1.54, 1.807) is 12.1 Å². The molecule has 0 aliphatic carbocycles. The lowest BCUT2D eigenvalue weighted by molar-refractivity contribution is 0.609. The van der Waals surface area contributed by atoms with Crippen molar-refractivity contribution in [2.45, 2.75) is 25.7 Å². The Morgan fingerprint density at radius 1 is 1.08 bits per heavy atom. The zero-order valence-electron chi connectivity index (χ0n) is 7.91. The van der Waals surface area contributed by atoms with Gasteiger partial charge in [0.2, 0.25) is 0 Å². The summed E-state index contributed by atoms with van der Waals surface area (Å²) in [5.41, 5.74) is 1.01. The van der Waals surface area contributed by atoms with Crippen LogP contribution in [0.15, 0.2) is 29.2 Å². The summed E-state index contributed by atoms with van der Waals surface area (Å²) in [5.74, 6) is 0. The van der Waals surface area contributed by atoms with E-state index >= 15 is 0 Å². The fourth-order valence-corrected chi connectivity index (χ4v) is 1.47. The molecule has 0 radical (unpaired) electrons. The van der Waals surface area contributed by atoms with E-state index in [0.717, 1.165) is 5.56 Å². The topological polar surface area (TPSA) is 34.1 Å². The van der Waals surface area contributed by atoms with Gasteiger partial charge in [0.15, 0.2) is 0 Å². The number of aryl methyl sites for hydroxylation is 1. The zero-order chi connectivity index (χ0) is 10.5. The summed E-state index contributed by atoms with van der Waals surface area (Å²) in [6, 6.07) is 6.37. The van der Waals surface area contributed by atoms with E-state index in [2.05, 4.69) is 0 Å². The highest BCUT2D eigenvalue weighted by Gasteiger charge is 2.07. The van der Waals surface area contributed by atoms with Gasteiger partial charge in [-0.2, -0.15) is 0 Å². The van der Waals surface area contributed by atoms with Crippen LogP contribution in [0.4, 0.5) is 0 Å². The molecule has 1 rings (SSSR count). The number of benzene rings is 1. The van der Waals surface area contributed by atoms with Crippen molar-refractivity contribution in [3.63, 3.8) is 0 Å². The average molecular weight is 221 g/mol. The SMILES string of the molecule is CC.Cc1ccc(S(=O)(=O)Cl)cc1. The molecule has 0 aliphatic heterocycles. The van der Waals surface area contributed by atoms with Gasteiger partial charge in [0.25, 0.3) is 9.05 Å². The molecule has 0 heterocycles. The van der Waals surface area contributed by atoms with E-state index in [0.29, 0.717) is 0 Å². The minimum Gasteiger partial charge on any atom is -0.207 e. The van der Waals surface area contributed by atoms with Gasteiger partial charge in [-0.25, -0.2) is 8.42 Å². The molecular weight excluding hydrogens is 208 g/mol. The normalized spacial score (nSPS) is 10.2. The predicted molar refractivity (Wildman–Crippen MR) is 55.6 cm³/mol. The third-order valence-electron chi connectivity index (χ3n) is 1.30. The van der Waals surface area contributed by atoms with Crippen LogP contribution >= 0.6 is 10.7 Å². The number of rotatable bonds is 1. The molecule has 0 unspecified atom stereocenters. The monoisotopic (exact) mass is 220 g/mol. The summed E-state index contributed by atoms with van der Waals surface area (Å²) >= 11 is 0. The summed E-state index contributed by atoms with van der Waals surface area (Å²) in [6.07, 6.45) is 0. The van der Waals surface area contributed by atoms with Gasteiger partial charge in [0, 0.05) is 10.7 Å². The van der Waals surface area contributed by atoms with Crippen molar-refractivity contribution in [1.82, 2.24) is 0 Å². The van der Waals surface area contributed by atoms with Crippen LogP contribution in [0.25, 0.3) is 0 Å². The number of hydrogen-bond acceptors (Lipinski definition) is 2. The molecule has 0 spiro atoms. The van der Waals surface area contributed by atoms with E-state index < -0.39 is 9.05 Å². The minimum atomic E-state index is -3.55. The van der Waals surface area contributed by atoms with E-state index in [-0.39, 0.29) is 4.90 Å². The molecule has 0 aliphatic rings. The molecule has 0 amide bonds. The van der Waals surface area contributed by atoms with Gasteiger partial charge in [0.1, 0.15) is 0 Å². The van der Waals surface area contributed by atoms with Crippen LogP contribution in [-0.4, -0.2) is 8.42 Å². The highest BCUT2D eigenvalue weighted by atomic mass is 35.7. The number of halogens is 1. The second kappa shape index (κ2) is 5.25. The molecule has 0 atom stereocenters. The zero-order valence-corrected chi connectivity index (χ0v) is 9.48. The maximum Gasteiger partial charge on any atom is 0.261 e. The maximum absolute atomic E-state index is 10.7. The standard InChI is InChI=1S/C7H7ClO2S.C2H6/c1-6-2-4-7(5-3-6)11(8,9)10;1-2/h2-5H,1H3;1-2H3. The van der Waals surface area contributed by atoms with Crippen LogP contribution in [0.2, 0.25) is 0 Å². The van der Waals surface area contributed by atoms with Crippen molar-refractivity contribution in [2.75, 3.05) is 0 Å². The quantitative estimate of drug-likeness (QED) is 0.682. The van der Waals surface area contributed by atoms with Crippen LogP contribution in [0.3, 0.4) is 0 Å². The fourth-order valence-electron chi connectivity index (χ4n) is 0.701. The molecule has 0 fully saturated rings. The predicted octanol–water partition coefficient (Wildman–Crippen LogP) is 2.95. The summed E-state index contributed by atoms with van der Waals surface area (Å²) in [6.45, 7) is 5.88. The van der Waals surface area contributed by atoms with Crippen LogP contribution < -0.4 is 0 Å². The van der Waals surface area contributed by atoms with Crippen LogP contribution in [0.5, 0.6) is 0 Å². The Hall–Kier alpha value is -0.540. The van der Waals surface area contributed by atoms with Crippen molar-refractivity contribution in [3.8, 4) is 0 Å². The first-order valence-electron chi connectivity index (χ1n) is 4.01. The third kappa shape index (κ3) is 4.29. The minimum absolute atomic E-state index is 0.143. The Kier molecular flexibility index (Phi) is 5.03. The smallest absolute Gasteiger partial charge is 0.207 e. The van der Waals surface area contributed by atoms with E-state index in [1.807, 2.05) is 20.8 Å². The highest BCUT2D eigenvalue weighted by Crippen LogP contribution is 2.14.